The number of aromatic nitrogens is 4. The van der Waals surface area contributed by atoms with E-state index in [1.165, 1.54) is 4.90 Å². The third kappa shape index (κ3) is 5.68. The number of nitrogens with zero attached hydrogens (tertiary/aromatic N) is 5. The number of pyridine rings is 1. The maximum atomic E-state index is 13.9. The van der Waals surface area contributed by atoms with Gasteiger partial charge in [-0.25, -0.2) is 4.98 Å². The molecular formula is C30H34N6O3S. The van der Waals surface area contributed by atoms with Crippen LogP contribution in [0, 0.1) is 12.8 Å². The molecule has 1 fully saturated rings. The molecule has 0 spiro atoms. The van der Waals surface area contributed by atoms with E-state index >= 15 is 0 Å². The summed E-state index contributed by atoms with van der Waals surface area (Å²) in [6.45, 7) is 7.93. The molecule has 1 aliphatic rings. The van der Waals surface area contributed by atoms with Crippen molar-refractivity contribution in [3.8, 4) is 21.6 Å². The zero-order chi connectivity index (χ0) is 28.4. The van der Waals surface area contributed by atoms with Crippen molar-refractivity contribution in [2.45, 2.75) is 58.3 Å². The van der Waals surface area contributed by atoms with Gasteiger partial charge in [-0.1, -0.05) is 38.1 Å². The maximum Gasteiger partial charge on any atom is 0.248 e. The minimum Gasteiger partial charge on any atom is -0.391 e. The fourth-order valence-electron chi connectivity index (χ4n) is 5.26. The third-order valence-electron chi connectivity index (χ3n) is 7.43. The zero-order valence-corrected chi connectivity index (χ0v) is 23.9. The fourth-order valence-corrected chi connectivity index (χ4v) is 6.07. The lowest BCUT2D eigenvalue weighted by Gasteiger charge is -2.30. The number of aliphatic hydroxyl groups is 1. The van der Waals surface area contributed by atoms with Crippen LogP contribution in [-0.2, 0) is 9.59 Å². The minimum absolute atomic E-state index is 0.0845. The number of β-amino-alcohol motifs (C(OH)–C–C–N with tert-alkyl or cyclic N) is 1. The van der Waals surface area contributed by atoms with Crippen LogP contribution in [0.5, 0.6) is 0 Å². The molecule has 0 unspecified atom stereocenters. The highest BCUT2D eigenvalue weighted by Crippen LogP contribution is 2.30. The number of benzene rings is 1. The Labute approximate surface area is 237 Å². The standard InChI is InChI=1S/C30H34N6O3S/c1-18(2)27(36-15-24(14-33-36)22-9-11-31-12-10-22)30(39)35-16-25(37)13-26(35)29(38)34-19(3)21-5-7-23(8-6-21)28-20(4)32-17-40-28/h5-12,14-15,17-19,25-27,37H,13,16H2,1-4H3,(H,34,38)/t19-,25+,26-,27-/m0/s1. The van der Waals surface area contributed by atoms with Gasteiger partial charge in [0.1, 0.15) is 12.1 Å². The first-order chi connectivity index (χ1) is 19.2. The van der Waals surface area contributed by atoms with Gasteiger partial charge < -0.3 is 15.3 Å². The molecule has 3 aromatic heterocycles. The van der Waals surface area contributed by atoms with Gasteiger partial charge in [0.25, 0.3) is 0 Å². The maximum absolute atomic E-state index is 13.9. The predicted molar refractivity (Wildman–Crippen MR) is 154 cm³/mol. The second-order valence-electron chi connectivity index (χ2n) is 10.6. The largest absolute Gasteiger partial charge is 0.391 e. The lowest BCUT2D eigenvalue weighted by molar-refractivity contribution is -0.142. The summed E-state index contributed by atoms with van der Waals surface area (Å²) in [4.78, 5) is 38.4. The Balaban J connectivity index is 1.30. The van der Waals surface area contributed by atoms with Crippen molar-refractivity contribution in [2.75, 3.05) is 6.54 Å². The van der Waals surface area contributed by atoms with E-state index in [1.807, 2.05) is 75.8 Å². The highest BCUT2D eigenvalue weighted by molar-refractivity contribution is 7.13. The van der Waals surface area contributed by atoms with E-state index < -0.39 is 18.2 Å². The van der Waals surface area contributed by atoms with Gasteiger partial charge >= 0.3 is 0 Å². The first kappa shape index (κ1) is 27.7. The van der Waals surface area contributed by atoms with E-state index in [2.05, 4.69) is 20.4 Å². The van der Waals surface area contributed by atoms with E-state index in [-0.39, 0.29) is 36.7 Å². The van der Waals surface area contributed by atoms with Crippen molar-refractivity contribution in [1.82, 2.24) is 30.0 Å². The lowest BCUT2D eigenvalue weighted by atomic mass is 10.0. The molecule has 4 aromatic rings. The van der Waals surface area contributed by atoms with Crippen LogP contribution in [0.4, 0.5) is 0 Å². The summed E-state index contributed by atoms with van der Waals surface area (Å²) in [7, 11) is 0. The summed E-state index contributed by atoms with van der Waals surface area (Å²) in [6, 6.07) is 10.2. The van der Waals surface area contributed by atoms with Gasteiger partial charge in [-0.3, -0.25) is 19.3 Å². The van der Waals surface area contributed by atoms with Gasteiger partial charge in [-0.2, -0.15) is 5.10 Å². The Hall–Kier alpha value is -3.89. The van der Waals surface area contributed by atoms with Crippen LogP contribution in [0.2, 0.25) is 0 Å². The molecule has 2 N–H and O–H groups in total. The topological polar surface area (TPSA) is 113 Å². The number of hydrogen-bond donors (Lipinski definition) is 2. The van der Waals surface area contributed by atoms with Crippen LogP contribution < -0.4 is 5.32 Å². The molecular weight excluding hydrogens is 524 g/mol. The van der Waals surface area contributed by atoms with Crippen molar-refractivity contribution < 1.29 is 14.7 Å². The highest BCUT2D eigenvalue weighted by atomic mass is 32.1. The first-order valence-corrected chi connectivity index (χ1v) is 14.3. The van der Waals surface area contributed by atoms with Gasteiger partial charge in [-0.15, -0.1) is 11.3 Å². The van der Waals surface area contributed by atoms with E-state index in [0.717, 1.165) is 32.8 Å². The van der Waals surface area contributed by atoms with E-state index in [0.29, 0.717) is 0 Å². The number of aliphatic hydroxyl groups excluding tert-OH is 1. The van der Waals surface area contributed by atoms with Gasteiger partial charge in [0, 0.05) is 37.1 Å². The zero-order valence-electron chi connectivity index (χ0n) is 23.1. The molecule has 2 amide bonds. The van der Waals surface area contributed by atoms with Gasteiger partial charge in [0.2, 0.25) is 11.8 Å². The second kappa shape index (κ2) is 11.7. The molecule has 4 heterocycles. The molecule has 208 valence electrons. The van der Waals surface area contributed by atoms with Crippen LogP contribution >= 0.6 is 11.3 Å². The Kier molecular flexibility index (Phi) is 8.09. The quantitative estimate of drug-likeness (QED) is 0.331. The Morgan fingerprint density at radius 2 is 1.77 bits per heavy atom. The average Bonchev–Trinajstić information content (AvgIpc) is 3.69. The van der Waals surface area contributed by atoms with Crippen molar-refractivity contribution in [2.24, 2.45) is 5.92 Å². The van der Waals surface area contributed by atoms with Crippen LogP contribution in [0.3, 0.4) is 0 Å². The molecule has 0 aliphatic carbocycles. The SMILES string of the molecule is Cc1ncsc1-c1ccc([C@H](C)NC(=O)[C@@H]2C[C@@H](O)CN2C(=O)[C@H](C(C)C)n2cc(-c3ccncc3)cn2)cc1. The second-order valence-corrected chi connectivity index (χ2v) is 11.5. The molecule has 5 rings (SSSR count). The molecule has 0 bridgehead atoms. The molecule has 40 heavy (non-hydrogen) atoms. The monoisotopic (exact) mass is 558 g/mol. The van der Waals surface area contributed by atoms with Crippen LogP contribution in [0.25, 0.3) is 21.6 Å². The Morgan fingerprint density at radius 1 is 1.05 bits per heavy atom. The lowest BCUT2D eigenvalue weighted by Crippen LogP contribution is -2.49. The number of likely N-dealkylation sites (tertiary alicyclic amines) is 1. The van der Waals surface area contributed by atoms with Crippen molar-refractivity contribution >= 4 is 23.2 Å². The summed E-state index contributed by atoms with van der Waals surface area (Å²) in [5, 5.41) is 18.1. The molecule has 10 heteroatoms. The summed E-state index contributed by atoms with van der Waals surface area (Å²) in [5.74, 6) is -0.591. The number of nitrogens with one attached hydrogen (secondary N) is 1. The molecule has 1 aromatic carbocycles. The molecule has 4 atom stereocenters. The number of carbonyl (C=O) groups is 2. The fraction of sp³-hybridized carbons (Fsp3) is 0.367. The molecule has 0 radical (unpaired) electrons. The number of amides is 2. The normalized spacial score (nSPS) is 18.6. The number of aryl methyl sites for hydroxylation is 1. The molecule has 9 nitrogen and oxygen atoms in total. The van der Waals surface area contributed by atoms with Gasteiger partial charge in [0.15, 0.2) is 0 Å². The van der Waals surface area contributed by atoms with E-state index in [9.17, 15) is 14.7 Å². The number of thiazole rings is 1. The molecule has 1 aliphatic heterocycles. The van der Waals surface area contributed by atoms with E-state index in [4.69, 9.17) is 0 Å². The minimum atomic E-state index is -0.769. The number of carbonyl (C=O) groups excluding carboxylic acids is 2. The summed E-state index contributed by atoms with van der Waals surface area (Å²) >= 11 is 1.60. The molecule has 0 saturated carbocycles. The highest BCUT2D eigenvalue weighted by Gasteiger charge is 2.42. The Morgan fingerprint density at radius 3 is 2.42 bits per heavy atom. The smallest absolute Gasteiger partial charge is 0.248 e. The van der Waals surface area contributed by atoms with Gasteiger partial charge in [-0.05, 0) is 48.6 Å². The molecule has 1 saturated heterocycles. The number of rotatable bonds is 8. The van der Waals surface area contributed by atoms with Crippen LogP contribution in [0.1, 0.15) is 50.5 Å². The van der Waals surface area contributed by atoms with Crippen molar-refractivity contribution in [3.05, 3.63) is 78.0 Å². The van der Waals surface area contributed by atoms with Gasteiger partial charge in [0.05, 0.1) is 34.4 Å². The first-order valence-electron chi connectivity index (χ1n) is 13.5. The summed E-state index contributed by atoms with van der Waals surface area (Å²) in [6.07, 6.45) is 6.42. The number of hydrogen-bond acceptors (Lipinski definition) is 7. The van der Waals surface area contributed by atoms with Crippen LogP contribution in [-0.4, -0.2) is 60.3 Å². The third-order valence-corrected chi connectivity index (χ3v) is 8.40. The summed E-state index contributed by atoms with van der Waals surface area (Å²) in [5.41, 5.74) is 6.70. The van der Waals surface area contributed by atoms with Crippen LogP contribution in [0.15, 0.2) is 66.7 Å². The van der Waals surface area contributed by atoms with E-state index in [1.54, 1.807) is 34.6 Å². The average molecular weight is 559 g/mol. The van der Waals surface area contributed by atoms with Crippen molar-refractivity contribution in [1.29, 1.82) is 0 Å². The Bertz CT molecular complexity index is 1470. The predicted octanol–water partition coefficient (Wildman–Crippen LogP) is 4.41. The van der Waals surface area contributed by atoms with Crippen molar-refractivity contribution in [3.63, 3.8) is 0 Å². The summed E-state index contributed by atoms with van der Waals surface area (Å²) < 4.78 is 1.66.